The Morgan fingerprint density at radius 2 is 1.76 bits per heavy atom. The van der Waals surface area contributed by atoms with Gasteiger partial charge in [0.15, 0.2) is 0 Å². The van der Waals surface area contributed by atoms with Crippen LogP contribution in [-0.2, 0) is 11.3 Å². The van der Waals surface area contributed by atoms with Crippen LogP contribution in [0.25, 0.3) is 5.65 Å². The van der Waals surface area contributed by atoms with Crippen molar-refractivity contribution in [3.05, 3.63) is 100 Å². The number of ether oxygens (including phenoxy) is 2. The van der Waals surface area contributed by atoms with Gasteiger partial charge in [0.05, 0.1) is 24.1 Å². The second kappa shape index (κ2) is 9.86. The maximum Gasteiger partial charge on any atom is 0.339 e. The van der Waals surface area contributed by atoms with Gasteiger partial charge in [-0.25, -0.2) is 14.6 Å². The van der Waals surface area contributed by atoms with Crippen molar-refractivity contribution >= 4 is 29.0 Å². The van der Waals surface area contributed by atoms with Crippen LogP contribution in [0, 0.1) is 6.92 Å². The average molecular weight is 458 g/mol. The smallest absolute Gasteiger partial charge is 0.339 e. The first-order chi connectivity index (χ1) is 16.4. The largest absolute Gasteiger partial charge is 0.487 e. The van der Waals surface area contributed by atoms with Crippen molar-refractivity contribution < 1.29 is 19.1 Å². The number of fused-ring (bicyclic) bond motifs is 1. The molecule has 172 valence electrons. The number of hydrogen-bond acceptors (Lipinski definition) is 6. The van der Waals surface area contributed by atoms with Crippen LogP contribution >= 0.6 is 0 Å². The highest BCUT2D eigenvalue weighted by molar-refractivity contribution is 6.05. The SMILES string of the molecule is COC(=O)c1ccccc1NC(=O)Nc1ccc(OCc2cc(=O)n3cccc(C)c3n2)cc1. The fourth-order valence-electron chi connectivity index (χ4n) is 3.34. The van der Waals surface area contributed by atoms with E-state index in [2.05, 4.69) is 15.6 Å². The van der Waals surface area contributed by atoms with Gasteiger partial charge in [-0.15, -0.1) is 0 Å². The van der Waals surface area contributed by atoms with Crippen LogP contribution in [0.15, 0.2) is 77.7 Å². The highest BCUT2D eigenvalue weighted by Crippen LogP contribution is 2.19. The predicted molar refractivity (Wildman–Crippen MR) is 127 cm³/mol. The van der Waals surface area contributed by atoms with Crippen LogP contribution in [0.1, 0.15) is 21.6 Å². The van der Waals surface area contributed by atoms with E-state index < -0.39 is 12.0 Å². The molecule has 2 aromatic carbocycles. The van der Waals surface area contributed by atoms with E-state index in [1.807, 2.05) is 13.0 Å². The van der Waals surface area contributed by atoms with E-state index in [0.717, 1.165) is 5.56 Å². The molecule has 0 aliphatic heterocycles. The van der Waals surface area contributed by atoms with Crippen LogP contribution in [0.4, 0.5) is 16.2 Å². The highest BCUT2D eigenvalue weighted by atomic mass is 16.5. The minimum Gasteiger partial charge on any atom is -0.487 e. The summed E-state index contributed by atoms with van der Waals surface area (Å²) >= 11 is 0. The van der Waals surface area contributed by atoms with Crippen LogP contribution in [0.2, 0.25) is 0 Å². The van der Waals surface area contributed by atoms with Gasteiger partial charge in [-0.3, -0.25) is 9.20 Å². The summed E-state index contributed by atoms with van der Waals surface area (Å²) in [5.41, 5.74) is 2.94. The zero-order chi connectivity index (χ0) is 24.1. The van der Waals surface area contributed by atoms with Crippen LogP contribution in [0.5, 0.6) is 5.75 Å². The number of nitrogens with zero attached hydrogens (tertiary/aromatic N) is 2. The summed E-state index contributed by atoms with van der Waals surface area (Å²) in [7, 11) is 1.28. The highest BCUT2D eigenvalue weighted by Gasteiger charge is 2.13. The van der Waals surface area contributed by atoms with E-state index in [0.29, 0.717) is 28.5 Å². The Kier molecular flexibility index (Phi) is 6.54. The molecule has 4 aromatic rings. The maximum atomic E-state index is 12.4. The number of carbonyl (C=O) groups is 2. The molecule has 0 fully saturated rings. The molecule has 0 aliphatic carbocycles. The third kappa shape index (κ3) is 5.04. The first-order valence-electron chi connectivity index (χ1n) is 10.4. The number of benzene rings is 2. The summed E-state index contributed by atoms with van der Waals surface area (Å²) < 4.78 is 12.0. The lowest BCUT2D eigenvalue weighted by Gasteiger charge is -2.11. The second-order valence-electron chi connectivity index (χ2n) is 7.40. The van der Waals surface area contributed by atoms with Gasteiger partial charge in [0.2, 0.25) is 0 Å². The van der Waals surface area contributed by atoms with Crippen molar-refractivity contribution in [3.63, 3.8) is 0 Å². The van der Waals surface area contributed by atoms with Gasteiger partial charge in [-0.05, 0) is 55.0 Å². The Morgan fingerprint density at radius 1 is 1.00 bits per heavy atom. The summed E-state index contributed by atoms with van der Waals surface area (Å²) in [6.45, 7) is 2.01. The molecule has 0 bridgehead atoms. The van der Waals surface area contributed by atoms with Gasteiger partial charge in [0.1, 0.15) is 18.0 Å². The van der Waals surface area contributed by atoms with E-state index in [-0.39, 0.29) is 17.7 Å². The zero-order valence-corrected chi connectivity index (χ0v) is 18.6. The zero-order valence-electron chi connectivity index (χ0n) is 18.6. The van der Waals surface area contributed by atoms with Crippen LogP contribution in [0.3, 0.4) is 0 Å². The molecule has 0 saturated heterocycles. The number of amides is 2. The van der Waals surface area contributed by atoms with Crippen molar-refractivity contribution in [1.29, 1.82) is 0 Å². The summed E-state index contributed by atoms with van der Waals surface area (Å²) in [5, 5.41) is 5.33. The average Bonchev–Trinajstić information content (AvgIpc) is 2.84. The molecular weight excluding hydrogens is 436 g/mol. The number of aromatic nitrogens is 2. The first kappa shape index (κ1) is 22.5. The predicted octanol–water partition coefficient (Wildman–Crippen LogP) is 4.01. The molecule has 9 heteroatoms. The molecule has 2 aromatic heterocycles. The molecule has 2 amide bonds. The molecule has 0 radical (unpaired) electrons. The fraction of sp³-hybridized carbons (Fsp3) is 0.120. The van der Waals surface area contributed by atoms with E-state index in [1.54, 1.807) is 60.8 Å². The number of carbonyl (C=O) groups excluding carboxylic acids is 2. The van der Waals surface area contributed by atoms with Gasteiger partial charge in [-0.2, -0.15) is 0 Å². The molecule has 2 heterocycles. The third-order valence-electron chi connectivity index (χ3n) is 5.02. The summed E-state index contributed by atoms with van der Waals surface area (Å²) in [5.74, 6) is 0.00457. The lowest BCUT2D eigenvalue weighted by molar-refractivity contribution is 0.0602. The monoisotopic (exact) mass is 458 g/mol. The van der Waals surface area contributed by atoms with E-state index in [4.69, 9.17) is 9.47 Å². The number of urea groups is 1. The molecule has 0 aliphatic rings. The molecular formula is C25H22N4O5. The number of esters is 1. The summed E-state index contributed by atoms with van der Waals surface area (Å²) in [4.78, 5) is 41.0. The lowest BCUT2D eigenvalue weighted by Crippen LogP contribution is -2.21. The molecule has 9 nitrogen and oxygen atoms in total. The number of hydrogen-bond donors (Lipinski definition) is 2. The minimum atomic E-state index is -0.545. The third-order valence-corrected chi connectivity index (χ3v) is 5.02. The molecule has 34 heavy (non-hydrogen) atoms. The van der Waals surface area contributed by atoms with Crippen molar-refractivity contribution in [2.45, 2.75) is 13.5 Å². The number of rotatable bonds is 6. The van der Waals surface area contributed by atoms with E-state index in [1.165, 1.54) is 17.6 Å². The second-order valence-corrected chi connectivity index (χ2v) is 7.40. The Hall–Kier alpha value is -4.66. The molecule has 0 spiro atoms. The number of nitrogens with one attached hydrogen (secondary N) is 2. The first-order valence-corrected chi connectivity index (χ1v) is 10.4. The number of aryl methyl sites for hydroxylation is 1. The standard InChI is InChI=1S/C25H22N4O5/c1-16-6-5-13-29-22(30)14-18(26-23(16)29)15-34-19-11-9-17(10-12-19)27-25(32)28-21-8-4-3-7-20(21)24(31)33-2/h3-14H,15H2,1-2H3,(H2,27,28,32). The minimum absolute atomic E-state index is 0.123. The number of para-hydroxylation sites is 1. The Morgan fingerprint density at radius 3 is 2.53 bits per heavy atom. The van der Waals surface area contributed by atoms with Gasteiger partial charge < -0.3 is 20.1 Å². The summed E-state index contributed by atoms with van der Waals surface area (Å²) in [6, 6.07) is 17.9. The van der Waals surface area contributed by atoms with Gasteiger partial charge in [-0.1, -0.05) is 18.2 Å². The van der Waals surface area contributed by atoms with Crippen molar-refractivity contribution in [3.8, 4) is 5.75 Å². The normalized spacial score (nSPS) is 10.5. The van der Waals surface area contributed by atoms with Crippen LogP contribution in [-0.4, -0.2) is 28.5 Å². The Bertz CT molecular complexity index is 1410. The van der Waals surface area contributed by atoms with Gasteiger partial charge in [0.25, 0.3) is 5.56 Å². The van der Waals surface area contributed by atoms with E-state index in [9.17, 15) is 14.4 Å². The Balaban J connectivity index is 1.38. The molecule has 0 atom stereocenters. The van der Waals surface area contributed by atoms with Crippen molar-refractivity contribution in [2.24, 2.45) is 0 Å². The Labute approximate surface area is 195 Å². The topological polar surface area (TPSA) is 111 Å². The van der Waals surface area contributed by atoms with Crippen molar-refractivity contribution in [2.75, 3.05) is 17.7 Å². The molecule has 2 N–H and O–H groups in total. The van der Waals surface area contributed by atoms with E-state index >= 15 is 0 Å². The quantitative estimate of drug-likeness (QED) is 0.422. The number of pyridine rings is 1. The summed E-state index contributed by atoms with van der Waals surface area (Å²) in [6.07, 6.45) is 1.68. The van der Waals surface area contributed by atoms with Gasteiger partial charge >= 0.3 is 12.0 Å². The maximum absolute atomic E-state index is 12.4. The lowest BCUT2D eigenvalue weighted by atomic mass is 10.2. The number of anilines is 2. The fourth-order valence-corrected chi connectivity index (χ4v) is 3.34. The molecule has 0 unspecified atom stereocenters. The van der Waals surface area contributed by atoms with Crippen LogP contribution < -0.4 is 20.9 Å². The van der Waals surface area contributed by atoms with Gasteiger partial charge in [0, 0.05) is 18.0 Å². The number of methoxy groups -OCH3 is 1. The van der Waals surface area contributed by atoms with Crippen molar-refractivity contribution in [1.82, 2.24) is 9.38 Å². The molecule has 0 saturated carbocycles. The molecule has 4 rings (SSSR count).